The molecule has 0 aliphatic carbocycles. The van der Waals surface area contributed by atoms with Crippen LogP contribution in [0, 0.1) is 0 Å². The van der Waals surface area contributed by atoms with Crippen molar-refractivity contribution in [1.29, 1.82) is 0 Å². The number of ether oxygens (including phenoxy) is 2. The summed E-state index contributed by atoms with van der Waals surface area (Å²) in [4.78, 5) is 12.5. The van der Waals surface area contributed by atoms with Crippen molar-refractivity contribution in [3.8, 4) is 11.5 Å². The maximum absolute atomic E-state index is 10.6. The van der Waals surface area contributed by atoms with E-state index in [0.717, 1.165) is 27.2 Å². The number of benzene rings is 2. The molecule has 0 atom stereocenters. The minimum Gasteiger partial charge on any atom is -0.496 e. The first kappa shape index (κ1) is 16.0. The molecular weight excluding hydrogens is 300 g/mol. The minimum absolute atomic E-state index is 0.684. The van der Waals surface area contributed by atoms with Gasteiger partial charge in [0.15, 0.2) is 0 Å². The molecule has 1 N–H and O–H groups in total. The third-order valence-corrected chi connectivity index (χ3v) is 4.01. The summed E-state index contributed by atoms with van der Waals surface area (Å²) in [6, 6.07) is 13.3. The fraction of sp³-hybridized carbons (Fsp3) is 0.118. The summed E-state index contributed by atoms with van der Waals surface area (Å²) in [6.07, 6.45) is 2.63. The Labute approximate surface area is 133 Å². The predicted molar refractivity (Wildman–Crippen MR) is 86.8 cm³/mol. The van der Waals surface area contributed by atoms with Gasteiger partial charge in [0.2, 0.25) is 0 Å². The van der Waals surface area contributed by atoms with Crippen molar-refractivity contribution in [3.63, 3.8) is 0 Å². The number of rotatable bonds is 6. The predicted octanol–water partition coefficient (Wildman–Crippen LogP) is 3.95. The van der Waals surface area contributed by atoms with Gasteiger partial charge in [0, 0.05) is 6.08 Å². The van der Waals surface area contributed by atoms with Crippen LogP contribution in [-0.4, -0.2) is 25.3 Å². The van der Waals surface area contributed by atoms with E-state index in [1.54, 1.807) is 20.3 Å². The molecule has 4 nitrogen and oxygen atoms in total. The second kappa shape index (κ2) is 7.56. The molecule has 0 saturated heterocycles. The summed E-state index contributed by atoms with van der Waals surface area (Å²) in [7, 11) is 3.22. The SMILES string of the molecule is COc1ccccc1Sc1ccc(/C=C/C(=O)O)cc1OC. The molecule has 0 amide bonds. The monoisotopic (exact) mass is 316 g/mol. The zero-order valence-corrected chi connectivity index (χ0v) is 13.1. The molecule has 0 aliphatic heterocycles. The standard InChI is InChI=1S/C17H16O4S/c1-20-13-5-3-4-6-15(13)22-16-9-7-12(8-10-17(18)19)11-14(16)21-2/h3-11H,1-2H3,(H,18,19)/b10-8+. The first-order chi connectivity index (χ1) is 10.6. The van der Waals surface area contributed by atoms with Crippen LogP contribution in [0.1, 0.15) is 5.56 Å². The fourth-order valence-electron chi connectivity index (χ4n) is 1.86. The lowest BCUT2D eigenvalue weighted by molar-refractivity contribution is -0.131. The van der Waals surface area contributed by atoms with Gasteiger partial charge >= 0.3 is 5.97 Å². The summed E-state index contributed by atoms with van der Waals surface area (Å²) in [5, 5.41) is 8.67. The van der Waals surface area contributed by atoms with E-state index in [1.807, 2.05) is 36.4 Å². The first-order valence-corrected chi connectivity index (χ1v) is 7.35. The van der Waals surface area contributed by atoms with Gasteiger partial charge in [-0.15, -0.1) is 0 Å². The average molecular weight is 316 g/mol. The van der Waals surface area contributed by atoms with E-state index < -0.39 is 5.97 Å². The highest BCUT2D eigenvalue weighted by Gasteiger charge is 2.09. The van der Waals surface area contributed by atoms with Crippen molar-refractivity contribution in [1.82, 2.24) is 0 Å². The number of hydrogen-bond acceptors (Lipinski definition) is 4. The molecule has 5 heteroatoms. The highest BCUT2D eigenvalue weighted by Crippen LogP contribution is 2.39. The van der Waals surface area contributed by atoms with Crippen LogP contribution >= 0.6 is 11.8 Å². The Morgan fingerprint density at radius 3 is 2.41 bits per heavy atom. The van der Waals surface area contributed by atoms with E-state index in [-0.39, 0.29) is 0 Å². The molecule has 0 radical (unpaired) electrons. The van der Waals surface area contributed by atoms with Crippen LogP contribution in [0.5, 0.6) is 11.5 Å². The summed E-state index contributed by atoms with van der Waals surface area (Å²) in [6.45, 7) is 0. The second-order valence-electron chi connectivity index (χ2n) is 4.33. The van der Waals surface area contributed by atoms with Crippen LogP contribution in [-0.2, 0) is 4.79 Å². The van der Waals surface area contributed by atoms with Crippen LogP contribution < -0.4 is 9.47 Å². The van der Waals surface area contributed by atoms with E-state index in [0.29, 0.717) is 5.75 Å². The number of para-hydroxylation sites is 1. The van der Waals surface area contributed by atoms with Gasteiger partial charge < -0.3 is 14.6 Å². The van der Waals surface area contributed by atoms with Gasteiger partial charge in [0.25, 0.3) is 0 Å². The van der Waals surface area contributed by atoms with E-state index in [2.05, 4.69) is 0 Å². The molecule has 0 spiro atoms. The third-order valence-electron chi connectivity index (χ3n) is 2.90. The summed E-state index contributed by atoms with van der Waals surface area (Å²) < 4.78 is 10.7. The van der Waals surface area contributed by atoms with Gasteiger partial charge in [-0.3, -0.25) is 0 Å². The molecule has 22 heavy (non-hydrogen) atoms. The smallest absolute Gasteiger partial charge is 0.328 e. The highest BCUT2D eigenvalue weighted by atomic mass is 32.2. The lowest BCUT2D eigenvalue weighted by Gasteiger charge is -2.11. The zero-order chi connectivity index (χ0) is 15.9. The van der Waals surface area contributed by atoms with Crippen molar-refractivity contribution in [2.24, 2.45) is 0 Å². The second-order valence-corrected chi connectivity index (χ2v) is 5.42. The largest absolute Gasteiger partial charge is 0.496 e. The average Bonchev–Trinajstić information content (AvgIpc) is 2.54. The van der Waals surface area contributed by atoms with E-state index in [4.69, 9.17) is 14.6 Å². The first-order valence-electron chi connectivity index (χ1n) is 6.54. The lowest BCUT2D eigenvalue weighted by atomic mass is 10.2. The highest BCUT2D eigenvalue weighted by molar-refractivity contribution is 7.99. The van der Waals surface area contributed by atoms with Crippen molar-refractivity contribution < 1.29 is 19.4 Å². The van der Waals surface area contributed by atoms with Gasteiger partial charge in [0.05, 0.1) is 24.0 Å². The van der Waals surface area contributed by atoms with Crippen LogP contribution in [0.4, 0.5) is 0 Å². The Kier molecular flexibility index (Phi) is 5.49. The summed E-state index contributed by atoms with van der Waals surface area (Å²) >= 11 is 1.53. The molecule has 0 saturated carbocycles. The number of aliphatic carboxylic acids is 1. The molecule has 0 heterocycles. The van der Waals surface area contributed by atoms with Crippen molar-refractivity contribution in [2.45, 2.75) is 9.79 Å². The maximum Gasteiger partial charge on any atom is 0.328 e. The number of carboxylic acids is 1. The van der Waals surface area contributed by atoms with Crippen molar-refractivity contribution in [2.75, 3.05) is 14.2 Å². The van der Waals surface area contributed by atoms with Crippen LogP contribution in [0.2, 0.25) is 0 Å². The van der Waals surface area contributed by atoms with Crippen molar-refractivity contribution >= 4 is 23.8 Å². The quantitative estimate of drug-likeness (QED) is 0.818. The van der Waals surface area contributed by atoms with Crippen LogP contribution in [0.25, 0.3) is 6.08 Å². The number of carboxylic acid groups (broad SMARTS) is 1. The zero-order valence-electron chi connectivity index (χ0n) is 12.3. The molecule has 2 aromatic rings. The Hall–Kier alpha value is -2.40. The molecule has 2 aromatic carbocycles. The molecule has 0 aliphatic rings. The molecule has 0 bridgehead atoms. The molecular formula is C17H16O4S. The Morgan fingerprint density at radius 1 is 1.05 bits per heavy atom. The topological polar surface area (TPSA) is 55.8 Å². The maximum atomic E-state index is 10.6. The third kappa shape index (κ3) is 4.05. The van der Waals surface area contributed by atoms with Gasteiger partial charge in [-0.05, 0) is 35.9 Å². The number of methoxy groups -OCH3 is 2. The molecule has 0 fully saturated rings. The number of hydrogen-bond donors (Lipinski definition) is 1. The molecule has 0 unspecified atom stereocenters. The number of carbonyl (C=O) groups is 1. The Bertz CT molecular complexity index is 695. The summed E-state index contributed by atoms with van der Waals surface area (Å²) in [5.74, 6) is 0.499. The summed E-state index contributed by atoms with van der Waals surface area (Å²) in [5.41, 5.74) is 0.767. The van der Waals surface area contributed by atoms with Gasteiger partial charge in [-0.25, -0.2) is 4.79 Å². The van der Waals surface area contributed by atoms with Crippen LogP contribution in [0.3, 0.4) is 0 Å². The van der Waals surface area contributed by atoms with Gasteiger partial charge in [0.1, 0.15) is 11.5 Å². The van der Waals surface area contributed by atoms with E-state index in [1.165, 1.54) is 17.8 Å². The fourth-order valence-corrected chi connectivity index (χ4v) is 2.88. The minimum atomic E-state index is -0.980. The van der Waals surface area contributed by atoms with Gasteiger partial charge in [-0.2, -0.15) is 0 Å². The van der Waals surface area contributed by atoms with Crippen LogP contribution in [0.15, 0.2) is 58.3 Å². The molecule has 0 aromatic heterocycles. The van der Waals surface area contributed by atoms with E-state index >= 15 is 0 Å². The van der Waals surface area contributed by atoms with Gasteiger partial charge in [-0.1, -0.05) is 30.0 Å². The Morgan fingerprint density at radius 2 is 1.73 bits per heavy atom. The molecule has 2 rings (SSSR count). The lowest BCUT2D eigenvalue weighted by Crippen LogP contribution is -1.90. The molecule has 114 valence electrons. The normalized spacial score (nSPS) is 10.6. The van der Waals surface area contributed by atoms with Crippen molar-refractivity contribution in [3.05, 3.63) is 54.1 Å². The van der Waals surface area contributed by atoms with E-state index in [9.17, 15) is 4.79 Å². The Balaban J connectivity index is 2.29.